The van der Waals surface area contributed by atoms with Gasteiger partial charge < -0.3 is 0 Å². The molecule has 1 aromatic rings. The molecule has 0 aliphatic heterocycles. The van der Waals surface area contributed by atoms with Gasteiger partial charge in [-0.15, -0.1) is 0 Å². The highest BCUT2D eigenvalue weighted by molar-refractivity contribution is 7.85. The van der Waals surface area contributed by atoms with Gasteiger partial charge in [0.15, 0.2) is 0 Å². The highest BCUT2D eigenvalue weighted by atomic mass is 32.2. The van der Waals surface area contributed by atoms with Crippen LogP contribution in [0.15, 0.2) is 17.2 Å². The summed E-state index contributed by atoms with van der Waals surface area (Å²) in [6, 6.07) is 1.44. The van der Waals surface area contributed by atoms with Crippen molar-refractivity contribution < 1.29 is 13.0 Å². The van der Waals surface area contributed by atoms with Crippen LogP contribution < -0.4 is 0 Å². The second kappa shape index (κ2) is 3.43. The van der Waals surface area contributed by atoms with Gasteiger partial charge in [0.1, 0.15) is 4.90 Å². The van der Waals surface area contributed by atoms with Crippen molar-refractivity contribution >= 4 is 10.1 Å². The molecule has 5 heteroatoms. The number of aromatic nitrogens is 1. The molecule has 0 aliphatic carbocycles. The molecule has 0 amide bonds. The number of aryl methyl sites for hydroxylation is 2. The molecule has 0 fully saturated rings. The van der Waals surface area contributed by atoms with Gasteiger partial charge in [0.05, 0.1) is 0 Å². The second-order valence-corrected chi connectivity index (χ2v) is 4.17. The Morgan fingerprint density at radius 2 is 2.15 bits per heavy atom. The van der Waals surface area contributed by atoms with Crippen LogP contribution in [0, 0.1) is 6.92 Å². The minimum absolute atomic E-state index is 0.144. The molecule has 0 aromatic carbocycles. The molecule has 0 bridgehead atoms. The summed E-state index contributed by atoms with van der Waals surface area (Å²) in [4.78, 5) is 3.73. The van der Waals surface area contributed by atoms with E-state index < -0.39 is 10.1 Å². The summed E-state index contributed by atoms with van der Waals surface area (Å²) in [5, 5.41) is 0. The van der Waals surface area contributed by atoms with E-state index in [9.17, 15) is 8.42 Å². The smallest absolute Gasteiger partial charge is 0.282 e. The Morgan fingerprint density at radius 1 is 1.54 bits per heavy atom. The third-order valence-electron chi connectivity index (χ3n) is 1.85. The normalized spacial score (nSPS) is 11.6. The van der Waals surface area contributed by atoms with Crippen LogP contribution in [0.2, 0.25) is 0 Å². The SMILES string of the molecule is CCc1cc(S(=O)(=O)O)cnc1C. The van der Waals surface area contributed by atoms with Crippen molar-refractivity contribution in [2.75, 3.05) is 0 Å². The fraction of sp³-hybridized carbons (Fsp3) is 0.375. The number of nitrogens with zero attached hydrogens (tertiary/aromatic N) is 1. The van der Waals surface area contributed by atoms with Crippen molar-refractivity contribution in [3.63, 3.8) is 0 Å². The lowest BCUT2D eigenvalue weighted by atomic mass is 10.1. The van der Waals surface area contributed by atoms with E-state index in [1.54, 1.807) is 6.92 Å². The number of hydrogen-bond acceptors (Lipinski definition) is 3. The van der Waals surface area contributed by atoms with Crippen LogP contribution in [0.25, 0.3) is 0 Å². The Labute approximate surface area is 77.4 Å². The Bertz CT molecular complexity index is 411. The Morgan fingerprint density at radius 3 is 2.62 bits per heavy atom. The zero-order valence-corrected chi connectivity index (χ0v) is 8.30. The molecule has 4 nitrogen and oxygen atoms in total. The summed E-state index contributed by atoms with van der Waals surface area (Å²) in [5.41, 5.74) is 1.62. The van der Waals surface area contributed by atoms with E-state index in [0.29, 0.717) is 6.42 Å². The lowest BCUT2D eigenvalue weighted by Gasteiger charge is -2.03. The first-order chi connectivity index (χ1) is 5.95. The Balaban J connectivity index is 3.30. The predicted octanol–water partition coefficient (Wildman–Crippen LogP) is 1.20. The molecule has 0 saturated heterocycles. The highest BCUT2D eigenvalue weighted by Crippen LogP contribution is 2.12. The number of rotatable bonds is 2. The van der Waals surface area contributed by atoms with E-state index in [-0.39, 0.29) is 4.90 Å². The van der Waals surface area contributed by atoms with Crippen LogP contribution in [-0.2, 0) is 16.5 Å². The average molecular weight is 201 g/mol. The summed E-state index contributed by atoms with van der Waals surface area (Å²) < 4.78 is 30.2. The maximum Gasteiger partial charge on any atom is 0.296 e. The fourth-order valence-corrected chi connectivity index (χ4v) is 1.53. The van der Waals surface area contributed by atoms with Gasteiger partial charge in [0.25, 0.3) is 10.1 Å². The molecule has 72 valence electrons. The number of hydrogen-bond donors (Lipinski definition) is 1. The molecule has 0 spiro atoms. The van der Waals surface area contributed by atoms with Crippen LogP contribution in [0.3, 0.4) is 0 Å². The van der Waals surface area contributed by atoms with Crippen molar-refractivity contribution in [1.82, 2.24) is 4.98 Å². The number of pyridine rings is 1. The van der Waals surface area contributed by atoms with Crippen molar-refractivity contribution in [1.29, 1.82) is 0 Å². The van der Waals surface area contributed by atoms with Crippen molar-refractivity contribution in [2.45, 2.75) is 25.2 Å². The standard InChI is InChI=1S/C8H11NO3S/c1-3-7-4-8(13(10,11)12)5-9-6(7)2/h4-5H,3H2,1-2H3,(H,10,11,12). The summed E-state index contributed by atoms with van der Waals surface area (Å²) in [6.07, 6.45) is 1.85. The molecular weight excluding hydrogens is 190 g/mol. The van der Waals surface area contributed by atoms with Crippen molar-refractivity contribution in [2.24, 2.45) is 0 Å². The topological polar surface area (TPSA) is 67.3 Å². The molecule has 1 N–H and O–H groups in total. The van der Waals surface area contributed by atoms with E-state index in [4.69, 9.17) is 4.55 Å². The van der Waals surface area contributed by atoms with Gasteiger partial charge in [-0.2, -0.15) is 8.42 Å². The van der Waals surface area contributed by atoms with Crippen LogP contribution in [0.1, 0.15) is 18.2 Å². The molecule has 1 heterocycles. The third-order valence-corrected chi connectivity index (χ3v) is 2.66. The molecule has 0 atom stereocenters. The lowest BCUT2D eigenvalue weighted by molar-refractivity contribution is 0.482. The van der Waals surface area contributed by atoms with E-state index in [1.807, 2.05) is 6.92 Å². The van der Waals surface area contributed by atoms with Crippen LogP contribution in [0.4, 0.5) is 0 Å². The monoisotopic (exact) mass is 201 g/mol. The maximum atomic E-state index is 10.7. The summed E-state index contributed by atoms with van der Waals surface area (Å²) in [5.74, 6) is 0. The molecule has 1 aromatic heterocycles. The molecule has 13 heavy (non-hydrogen) atoms. The van der Waals surface area contributed by atoms with E-state index in [0.717, 1.165) is 17.5 Å². The summed E-state index contributed by atoms with van der Waals surface area (Å²) >= 11 is 0. The van der Waals surface area contributed by atoms with Crippen molar-refractivity contribution in [3.05, 3.63) is 23.5 Å². The third kappa shape index (κ3) is 2.26. The molecule has 0 aliphatic rings. The van der Waals surface area contributed by atoms with E-state index >= 15 is 0 Å². The molecule has 0 saturated carbocycles. The first kappa shape index (κ1) is 10.1. The van der Waals surface area contributed by atoms with Gasteiger partial charge in [-0.1, -0.05) is 6.92 Å². The Hall–Kier alpha value is -0.940. The minimum Gasteiger partial charge on any atom is -0.282 e. The first-order valence-electron chi connectivity index (χ1n) is 3.88. The van der Waals surface area contributed by atoms with Crippen LogP contribution >= 0.6 is 0 Å². The highest BCUT2D eigenvalue weighted by Gasteiger charge is 2.11. The average Bonchev–Trinajstić information content (AvgIpc) is 2.03. The van der Waals surface area contributed by atoms with Gasteiger partial charge in [0.2, 0.25) is 0 Å². The van der Waals surface area contributed by atoms with Gasteiger partial charge in [-0.05, 0) is 25.0 Å². The van der Waals surface area contributed by atoms with Gasteiger partial charge >= 0.3 is 0 Å². The zero-order valence-electron chi connectivity index (χ0n) is 7.48. The summed E-state index contributed by atoms with van der Waals surface area (Å²) in [6.45, 7) is 3.70. The van der Waals surface area contributed by atoms with Crippen LogP contribution in [-0.4, -0.2) is 18.0 Å². The van der Waals surface area contributed by atoms with E-state index in [2.05, 4.69) is 4.98 Å². The van der Waals surface area contributed by atoms with Gasteiger partial charge in [-0.3, -0.25) is 9.54 Å². The molecular formula is C8H11NO3S. The van der Waals surface area contributed by atoms with Gasteiger partial charge in [0, 0.05) is 11.9 Å². The predicted molar refractivity (Wildman–Crippen MR) is 48.2 cm³/mol. The minimum atomic E-state index is -4.11. The maximum absolute atomic E-state index is 10.7. The fourth-order valence-electron chi connectivity index (χ4n) is 1.06. The van der Waals surface area contributed by atoms with Crippen LogP contribution in [0.5, 0.6) is 0 Å². The lowest BCUT2D eigenvalue weighted by Crippen LogP contribution is -2.01. The molecule has 0 radical (unpaired) electrons. The van der Waals surface area contributed by atoms with Crippen molar-refractivity contribution in [3.8, 4) is 0 Å². The quantitative estimate of drug-likeness (QED) is 0.730. The Kier molecular flexibility index (Phi) is 2.68. The van der Waals surface area contributed by atoms with E-state index in [1.165, 1.54) is 6.07 Å². The summed E-state index contributed by atoms with van der Waals surface area (Å²) in [7, 11) is -4.11. The molecule has 1 rings (SSSR count). The largest absolute Gasteiger partial charge is 0.296 e. The second-order valence-electron chi connectivity index (χ2n) is 2.74. The van der Waals surface area contributed by atoms with Gasteiger partial charge in [-0.25, -0.2) is 0 Å². The first-order valence-corrected chi connectivity index (χ1v) is 5.32. The zero-order chi connectivity index (χ0) is 10.1. The molecule has 0 unspecified atom stereocenters.